The van der Waals surface area contributed by atoms with Gasteiger partial charge in [-0.2, -0.15) is 0 Å². The fraction of sp³-hybridized carbons (Fsp3) is 0.304. The van der Waals surface area contributed by atoms with Crippen LogP contribution in [0.5, 0.6) is 0 Å². The lowest BCUT2D eigenvalue weighted by Crippen LogP contribution is -2.34. The number of nitrogens with one attached hydrogen (secondary N) is 1. The van der Waals surface area contributed by atoms with Crippen molar-refractivity contribution < 1.29 is 0 Å². The summed E-state index contributed by atoms with van der Waals surface area (Å²) >= 11 is 6.56. The Morgan fingerprint density at radius 3 is 2.64 bits per heavy atom. The van der Waals surface area contributed by atoms with Crippen molar-refractivity contribution in [1.82, 2.24) is 19.9 Å². The van der Waals surface area contributed by atoms with Crippen LogP contribution in [0, 0.1) is 0 Å². The number of pyridine rings is 1. The summed E-state index contributed by atoms with van der Waals surface area (Å²) in [5.41, 5.74) is 3.90. The quantitative estimate of drug-likeness (QED) is 0.472. The third-order valence-corrected chi connectivity index (χ3v) is 5.95. The van der Waals surface area contributed by atoms with Crippen LogP contribution in [-0.4, -0.2) is 27.1 Å². The Morgan fingerprint density at radius 1 is 1.00 bits per heavy atom. The van der Waals surface area contributed by atoms with Gasteiger partial charge in [0.05, 0.1) is 11.0 Å². The molecular weight excluding hydrogens is 368 g/mol. The molecule has 1 fully saturated rings. The molecule has 1 N–H and O–H groups in total. The van der Waals surface area contributed by atoms with Crippen molar-refractivity contribution in [2.75, 3.05) is 6.54 Å². The molecule has 1 atom stereocenters. The summed E-state index contributed by atoms with van der Waals surface area (Å²) in [6.45, 7) is 2.03. The number of aryl methyl sites for hydroxylation is 1. The molecular formula is C23H23ClN4. The molecule has 5 rings (SSSR count). The Hall–Kier alpha value is -2.43. The summed E-state index contributed by atoms with van der Waals surface area (Å²) in [7, 11) is 0. The number of nitrogens with zero attached hydrogens (tertiary/aromatic N) is 3. The van der Waals surface area contributed by atoms with E-state index in [0.29, 0.717) is 11.2 Å². The molecule has 28 heavy (non-hydrogen) atoms. The lowest BCUT2D eigenvalue weighted by Gasteiger charge is -2.24. The van der Waals surface area contributed by atoms with Gasteiger partial charge in [0.25, 0.3) is 0 Å². The number of piperidine rings is 1. The van der Waals surface area contributed by atoms with Gasteiger partial charge in [0.15, 0.2) is 5.15 Å². The lowest BCUT2D eigenvalue weighted by molar-refractivity contribution is 0.369. The molecule has 0 aliphatic carbocycles. The zero-order chi connectivity index (χ0) is 18.9. The SMILES string of the molecule is Clc1nc2ccccc2c2c1nc(-c1ccccc1)n2CCC1CCCCN1. The molecule has 0 saturated carbocycles. The fourth-order valence-electron chi connectivity index (χ4n) is 4.28. The highest BCUT2D eigenvalue weighted by Crippen LogP contribution is 2.33. The van der Waals surface area contributed by atoms with E-state index in [0.717, 1.165) is 52.8 Å². The van der Waals surface area contributed by atoms with Crippen molar-refractivity contribution in [3.05, 3.63) is 59.8 Å². The number of hydrogen-bond acceptors (Lipinski definition) is 3. The first-order valence-corrected chi connectivity index (χ1v) is 10.4. The standard InChI is InChI=1S/C23H23ClN4/c24-22-20-21(18-11-4-5-12-19(18)26-22)28(15-13-17-10-6-7-14-25-17)23(27-20)16-8-2-1-3-9-16/h1-5,8-9,11-12,17,25H,6-7,10,13-15H2. The predicted molar refractivity (Wildman–Crippen MR) is 116 cm³/mol. The van der Waals surface area contributed by atoms with Crippen molar-refractivity contribution in [3.63, 3.8) is 0 Å². The van der Waals surface area contributed by atoms with Crippen LogP contribution in [0.3, 0.4) is 0 Å². The molecule has 2 aromatic heterocycles. The van der Waals surface area contributed by atoms with Gasteiger partial charge in [-0.25, -0.2) is 9.97 Å². The molecule has 1 aliphatic rings. The maximum absolute atomic E-state index is 6.56. The average Bonchev–Trinajstić information content (AvgIpc) is 3.14. The summed E-state index contributed by atoms with van der Waals surface area (Å²) < 4.78 is 2.34. The van der Waals surface area contributed by atoms with Gasteiger partial charge in [-0.05, 0) is 31.9 Å². The Morgan fingerprint density at radius 2 is 1.82 bits per heavy atom. The first kappa shape index (κ1) is 17.7. The van der Waals surface area contributed by atoms with E-state index in [1.807, 2.05) is 18.2 Å². The number of halogens is 1. The van der Waals surface area contributed by atoms with Crippen LogP contribution in [0.4, 0.5) is 0 Å². The topological polar surface area (TPSA) is 42.7 Å². The number of hydrogen-bond donors (Lipinski definition) is 1. The Labute approximate surface area is 169 Å². The maximum Gasteiger partial charge on any atom is 0.157 e. The molecule has 1 saturated heterocycles. The first-order chi connectivity index (χ1) is 13.8. The monoisotopic (exact) mass is 390 g/mol. The van der Waals surface area contributed by atoms with E-state index in [2.05, 4.69) is 51.3 Å². The minimum atomic E-state index is 0.473. The van der Waals surface area contributed by atoms with Crippen LogP contribution in [0.1, 0.15) is 25.7 Å². The summed E-state index contributed by atoms with van der Waals surface area (Å²) in [4.78, 5) is 9.52. The molecule has 4 aromatic rings. The minimum absolute atomic E-state index is 0.473. The number of aromatic nitrogens is 3. The Balaban J connectivity index is 1.69. The molecule has 0 bridgehead atoms. The van der Waals surface area contributed by atoms with Crippen molar-refractivity contribution in [3.8, 4) is 11.4 Å². The van der Waals surface area contributed by atoms with Gasteiger partial charge in [0.1, 0.15) is 11.3 Å². The minimum Gasteiger partial charge on any atom is -0.323 e. The van der Waals surface area contributed by atoms with Crippen LogP contribution < -0.4 is 5.32 Å². The summed E-state index contributed by atoms with van der Waals surface area (Å²) in [5.74, 6) is 0.964. The van der Waals surface area contributed by atoms with Gasteiger partial charge >= 0.3 is 0 Å². The zero-order valence-electron chi connectivity index (χ0n) is 15.7. The smallest absolute Gasteiger partial charge is 0.157 e. The second-order valence-electron chi connectivity index (χ2n) is 7.51. The molecule has 1 unspecified atom stereocenters. The van der Waals surface area contributed by atoms with E-state index >= 15 is 0 Å². The second kappa shape index (κ2) is 7.53. The molecule has 0 spiro atoms. The van der Waals surface area contributed by atoms with Gasteiger partial charge in [-0.3, -0.25) is 0 Å². The Bertz CT molecular complexity index is 1110. The molecule has 1 aliphatic heterocycles. The van der Waals surface area contributed by atoms with Gasteiger partial charge in [-0.1, -0.05) is 66.6 Å². The number of para-hydroxylation sites is 1. The number of benzene rings is 2. The number of rotatable bonds is 4. The number of imidazole rings is 1. The number of fused-ring (bicyclic) bond motifs is 3. The van der Waals surface area contributed by atoms with Crippen LogP contribution in [0.2, 0.25) is 5.15 Å². The average molecular weight is 391 g/mol. The largest absolute Gasteiger partial charge is 0.323 e. The van der Waals surface area contributed by atoms with Gasteiger partial charge in [-0.15, -0.1) is 0 Å². The van der Waals surface area contributed by atoms with Crippen LogP contribution in [-0.2, 0) is 6.54 Å². The molecule has 2 aromatic carbocycles. The van der Waals surface area contributed by atoms with Gasteiger partial charge in [0, 0.05) is 23.5 Å². The molecule has 142 valence electrons. The molecule has 0 radical (unpaired) electrons. The highest BCUT2D eigenvalue weighted by Gasteiger charge is 2.20. The summed E-state index contributed by atoms with van der Waals surface area (Å²) in [6, 6.07) is 19.1. The van der Waals surface area contributed by atoms with Gasteiger partial charge in [0.2, 0.25) is 0 Å². The molecule has 3 heterocycles. The highest BCUT2D eigenvalue weighted by molar-refractivity contribution is 6.35. The second-order valence-corrected chi connectivity index (χ2v) is 7.86. The van der Waals surface area contributed by atoms with E-state index in [-0.39, 0.29) is 0 Å². The van der Waals surface area contributed by atoms with Crippen LogP contribution in [0.25, 0.3) is 33.3 Å². The summed E-state index contributed by atoms with van der Waals surface area (Å²) in [5, 5.41) is 5.24. The normalized spacial score (nSPS) is 17.4. The predicted octanol–water partition coefficient (Wildman–Crippen LogP) is 5.44. The van der Waals surface area contributed by atoms with E-state index in [1.54, 1.807) is 0 Å². The van der Waals surface area contributed by atoms with Crippen molar-refractivity contribution in [1.29, 1.82) is 0 Å². The first-order valence-electron chi connectivity index (χ1n) is 10.0. The third kappa shape index (κ3) is 3.17. The Kier molecular flexibility index (Phi) is 4.75. The van der Waals surface area contributed by atoms with E-state index in [1.165, 1.54) is 19.3 Å². The van der Waals surface area contributed by atoms with Crippen molar-refractivity contribution >= 4 is 33.5 Å². The van der Waals surface area contributed by atoms with Gasteiger partial charge < -0.3 is 9.88 Å². The molecule has 4 nitrogen and oxygen atoms in total. The lowest BCUT2D eigenvalue weighted by atomic mass is 10.0. The van der Waals surface area contributed by atoms with E-state index in [9.17, 15) is 0 Å². The summed E-state index contributed by atoms with van der Waals surface area (Å²) in [6.07, 6.45) is 4.92. The van der Waals surface area contributed by atoms with E-state index < -0.39 is 0 Å². The van der Waals surface area contributed by atoms with Crippen LogP contribution >= 0.6 is 11.6 Å². The zero-order valence-corrected chi connectivity index (χ0v) is 16.5. The third-order valence-electron chi connectivity index (χ3n) is 5.69. The van der Waals surface area contributed by atoms with E-state index in [4.69, 9.17) is 16.6 Å². The van der Waals surface area contributed by atoms with Crippen molar-refractivity contribution in [2.45, 2.75) is 38.3 Å². The maximum atomic E-state index is 6.56. The molecule has 0 amide bonds. The molecule has 5 heteroatoms. The fourth-order valence-corrected chi connectivity index (χ4v) is 4.50. The van der Waals surface area contributed by atoms with Crippen LogP contribution in [0.15, 0.2) is 54.6 Å². The van der Waals surface area contributed by atoms with Crippen molar-refractivity contribution in [2.24, 2.45) is 0 Å². The highest BCUT2D eigenvalue weighted by atomic mass is 35.5.